The van der Waals surface area contributed by atoms with E-state index in [4.69, 9.17) is 11.6 Å². The molecule has 0 unspecified atom stereocenters. The van der Waals surface area contributed by atoms with Crippen molar-refractivity contribution in [2.75, 3.05) is 13.6 Å². The Morgan fingerprint density at radius 3 is 2.93 bits per heavy atom. The van der Waals surface area contributed by atoms with E-state index in [1.54, 1.807) is 0 Å². The minimum Gasteiger partial charge on any atom is -0.299 e. The van der Waals surface area contributed by atoms with Gasteiger partial charge in [-0.25, -0.2) is 4.98 Å². The van der Waals surface area contributed by atoms with Crippen molar-refractivity contribution in [1.29, 1.82) is 0 Å². The molecule has 0 amide bonds. The van der Waals surface area contributed by atoms with Crippen LogP contribution in [0.4, 0.5) is 0 Å². The summed E-state index contributed by atoms with van der Waals surface area (Å²) < 4.78 is 0. The van der Waals surface area contributed by atoms with Gasteiger partial charge in [-0.15, -0.1) is 0 Å². The molecule has 1 aliphatic rings. The fourth-order valence-corrected chi connectivity index (χ4v) is 2.20. The van der Waals surface area contributed by atoms with Crippen molar-refractivity contribution < 1.29 is 0 Å². The maximum atomic E-state index is 5.90. The molecule has 1 aromatic rings. The molecule has 76 valence electrons. The van der Waals surface area contributed by atoms with Gasteiger partial charge >= 0.3 is 0 Å². The largest absolute Gasteiger partial charge is 0.299 e. The lowest BCUT2D eigenvalue weighted by molar-refractivity contribution is 0.317. The Morgan fingerprint density at radius 1 is 1.57 bits per heavy atom. The van der Waals surface area contributed by atoms with Gasteiger partial charge in [0.05, 0.1) is 0 Å². The lowest BCUT2D eigenvalue weighted by Gasteiger charge is -2.19. The Kier molecular flexibility index (Phi) is 2.75. The molecule has 0 saturated carbocycles. The average Bonchev–Trinajstić information content (AvgIpc) is 2.57. The topological polar surface area (TPSA) is 16.1 Å². The number of aryl methyl sites for hydroxylation is 1. The molecule has 3 heteroatoms. The Hall–Kier alpha value is -0.600. The third kappa shape index (κ3) is 1.77. The van der Waals surface area contributed by atoms with Gasteiger partial charge in [-0.2, -0.15) is 0 Å². The number of rotatable bonds is 1. The molecule has 1 aromatic heterocycles. The molecule has 0 aromatic carbocycles. The van der Waals surface area contributed by atoms with Crippen LogP contribution in [0, 0.1) is 6.92 Å². The lowest BCUT2D eigenvalue weighted by Crippen LogP contribution is -2.17. The predicted octanol–water partition coefficient (Wildman–Crippen LogP) is 2.81. The first-order valence-corrected chi connectivity index (χ1v) is 5.38. The molecule has 1 atom stereocenters. The van der Waals surface area contributed by atoms with Crippen LogP contribution in [0.3, 0.4) is 0 Å². The van der Waals surface area contributed by atoms with Gasteiger partial charge in [0, 0.05) is 12.2 Å². The number of hydrogen-bond donors (Lipinski definition) is 0. The van der Waals surface area contributed by atoms with Crippen molar-refractivity contribution in [1.82, 2.24) is 9.88 Å². The molecule has 0 bridgehead atoms. The summed E-state index contributed by atoms with van der Waals surface area (Å²) in [6, 6.07) is 2.69. The van der Waals surface area contributed by atoms with Gasteiger partial charge in [0.2, 0.25) is 0 Å². The minimum atomic E-state index is 0.540. The maximum Gasteiger partial charge on any atom is 0.131 e. The minimum absolute atomic E-state index is 0.540. The predicted molar refractivity (Wildman–Crippen MR) is 58.6 cm³/mol. The standard InChI is InChI=1S/C11H15ClN2/c1-8-6-9(7-13-11(8)12)10-4-3-5-14(10)2/h6-7,10H,3-5H2,1-2H3/t10-/m1/s1. The van der Waals surface area contributed by atoms with E-state index in [1.807, 2.05) is 13.1 Å². The van der Waals surface area contributed by atoms with Crippen LogP contribution in [0.2, 0.25) is 5.15 Å². The summed E-state index contributed by atoms with van der Waals surface area (Å²) in [4.78, 5) is 6.58. The number of likely N-dealkylation sites (tertiary alicyclic amines) is 1. The zero-order chi connectivity index (χ0) is 10.1. The Morgan fingerprint density at radius 2 is 2.36 bits per heavy atom. The molecule has 1 aliphatic heterocycles. The van der Waals surface area contributed by atoms with E-state index < -0.39 is 0 Å². The molecule has 0 aliphatic carbocycles. The van der Waals surface area contributed by atoms with Crippen molar-refractivity contribution in [3.63, 3.8) is 0 Å². The summed E-state index contributed by atoms with van der Waals surface area (Å²) in [7, 11) is 2.17. The van der Waals surface area contributed by atoms with Gasteiger partial charge in [0.1, 0.15) is 5.15 Å². The molecular formula is C11H15ClN2. The Labute approximate surface area is 89.9 Å². The van der Waals surface area contributed by atoms with Crippen LogP contribution in [0.5, 0.6) is 0 Å². The highest BCUT2D eigenvalue weighted by molar-refractivity contribution is 6.30. The van der Waals surface area contributed by atoms with Crippen LogP contribution in [0.1, 0.15) is 30.0 Å². The van der Waals surface area contributed by atoms with E-state index in [9.17, 15) is 0 Å². The highest BCUT2D eigenvalue weighted by Gasteiger charge is 2.22. The zero-order valence-electron chi connectivity index (χ0n) is 8.63. The average molecular weight is 211 g/mol. The second-order valence-corrected chi connectivity index (χ2v) is 4.37. The Bertz CT molecular complexity index is 338. The summed E-state index contributed by atoms with van der Waals surface area (Å²) in [5.41, 5.74) is 2.37. The van der Waals surface area contributed by atoms with E-state index in [0.717, 1.165) is 5.56 Å². The van der Waals surface area contributed by atoms with Crippen molar-refractivity contribution in [2.45, 2.75) is 25.8 Å². The van der Waals surface area contributed by atoms with E-state index in [2.05, 4.69) is 23.0 Å². The van der Waals surface area contributed by atoms with Crippen LogP contribution in [-0.2, 0) is 0 Å². The normalized spacial score (nSPS) is 22.9. The summed E-state index contributed by atoms with van der Waals surface area (Å²) in [5.74, 6) is 0. The van der Waals surface area contributed by atoms with Crippen LogP contribution in [-0.4, -0.2) is 23.5 Å². The molecule has 1 saturated heterocycles. The van der Waals surface area contributed by atoms with Gasteiger partial charge in [-0.3, -0.25) is 4.90 Å². The summed E-state index contributed by atoms with van der Waals surface area (Å²) >= 11 is 5.90. The fraction of sp³-hybridized carbons (Fsp3) is 0.545. The smallest absolute Gasteiger partial charge is 0.131 e. The van der Waals surface area contributed by atoms with Gasteiger partial charge in [0.15, 0.2) is 0 Å². The Balaban J connectivity index is 2.28. The molecule has 0 radical (unpaired) electrons. The van der Waals surface area contributed by atoms with Crippen LogP contribution < -0.4 is 0 Å². The van der Waals surface area contributed by atoms with Gasteiger partial charge < -0.3 is 0 Å². The third-order valence-corrected chi connectivity index (χ3v) is 3.34. The van der Waals surface area contributed by atoms with Gasteiger partial charge in [-0.1, -0.05) is 11.6 Å². The highest BCUT2D eigenvalue weighted by atomic mass is 35.5. The zero-order valence-corrected chi connectivity index (χ0v) is 9.38. The summed E-state index contributed by atoms with van der Waals surface area (Å²) in [6.45, 7) is 3.19. The van der Waals surface area contributed by atoms with E-state index in [1.165, 1.54) is 24.9 Å². The maximum absolute atomic E-state index is 5.90. The van der Waals surface area contributed by atoms with Crippen LogP contribution >= 0.6 is 11.6 Å². The SMILES string of the molecule is Cc1cc([C@H]2CCCN2C)cnc1Cl. The summed E-state index contributed by atoms with van der Waals surface area (Å²) in [5, 5.41) is 0.620. The molecular weight excluding hydrogens is 196 g/mol. The molecule has 2 rings (SSSR count). The quantitative estimate of drug-likeness (QED) is 0.663. The molecule has 2 nitrogen and oxygen atoms in total. The van der Waals surface area contributed by atoms with Crippen LogP contribution in [0.25, 0.3) is 0 Å². The first-order valence-electron chi connectivity index (χ1n) is 5.01. The third-order valence-electron chi connectivity index (χ3n) is 2.94. The number of pyridine rings is 1. The first kappa shape index (κ1) is 9.94. The number of halogens is 1. The van der Waals surface area contributed by atoms with E-state index >= 15 is 0 Å². The number of nitrogens with zero attached hydrogens (tertiary/aromatic N) is 2. The van der Waals surface area contributed by atoms with Crippen molar-refractivity contribution in [2.24, 2.45) is 0 Å². The fourth-order valence-electron chi connectivity index (χ4n) is 2.09. The number of hydrogen-bond acceptors (Lipinski definition) is 2. The van der Waals surface area contributed by atoms with Crippen molar-refractivity contribution in [3.05, 3.63) is 28.5 Å². The second kappa shape index (κ2) is 3.87. The summed E-state index contributed by atoms with van der Waals surface area (Å²) in [6.07, 6.45) is 4.42. The van der Waals surface area contributed by atoms with E-state index in [0.29, 0.717) is 11.2 Å². The van der Waals surface area contributed by atoms with E-state index in [-0.39, 0.29) is 0 Å². The van der Waals surface area contributed by atoms with Crippen molar-refractivity contribution >= 4 is 11.6 Å². The monoisotopic (exact) mass is 210 g/mol. The molecule has 2 heterocycles. The molecule has 0 N–H and O–H groups in total. The second-order valence-electron chi connectivity index (χ2n) is 4.01. The highest BCUT2D eigenvalue weighted by Crippen LogP contribution is 2.30. The van der Waals surface area contributed by atoms with Gasteiger partial charge in [0.25, 0.3) is 0 Å². The lowest BCUT2D eigenvalue weighted by atomic mass is 10.1. The molecule has 0 spiro atoms. The van der Waals surface area contributed by atoms with Crippen LogP contribution in [0.15, 0.2) is 12.3 Å². The first-order chi connectivity index (χ1) is 6.68. The molecule has 14 heavy (non-hydrogen) atoms. The van der Waals surface area contributed by atoms with Crippen molar-refractivity contribution in [3.8, 4) is 0 Å². The molecule has 1 fully saturated rings. The number of aromatic nitrogens is 1. The van der Waals surface area contributed by atoms with Gasteiger partial charge in [-0.05, 0) is 50.6 Å².